The molecule has 0 unspecified atom stereocenters. The Bertz CT molecular complexity index is 821. The van der Waals surface area contributed by atoms with Crippen molar-refractivity contribution >= 4 is 24.0 Å². The van der Waals surface area contributed by atoms with E-state index in [1.807, 2.05) is 24.3 Å². The van der Waals surface area contributed by atoms with Crippen molar-refractivity contribution in [2.24, 2.45) is 5.92 Å². The van der Waals surface area contributed by atoms with Gasteiger partial charge in [-0.2, -0.15) is 0 Å². The lowest BCUT2D eigenvalue weighted by molar-refractivity contribution is -0.135. The molecular weight excluding hydrogens is 370 g/mol. The summed E-state index contributed by atoms with van der Waals surface area (Å²) in [5.41, 5.74) is 1.41. The number of likely N-dealkylation sites (tertiary alicyclic amines) is 1. The molecule has 1 N–H and O–H groups in total. The molecule has 1 spiro atoms. The van der Waals surface area contributed by atoms with E-state index >= 15 is 0 Å². The number of hydrogen-bond donors (Lipinski definition) is 1. The highest BCUT2D eigenvalue weighted by atomic mass is 16.5. The average Bonchev–Trinajstić information content (AvgIpc) is 3.53. The van der Waals surface area contributed by atoms with Crippen molar-refractivity contribution in [3.05, 3.63) is 41.5 Å². The van der Waals surface area contributed by atoms with Crippen molar-refractivity contribution in [1.82, 2.24) is 15.1 Å². The summed E-state index contributed by atoms with van der Waals surface area (Å²) < 4.78 is 4.59. The number of esters is 1. The minimum atomic E-state index is -0.703. The van der Waals surface area contributed by atoms with Gasteiger partial charge < -0.3 is 10.1 Å². The van der Waals surface area contributed by atoms with Gasteiger partial charge in [0.05, 0.1) is 7.11 Å². The van der Waals surface area contributed by atoms with Crippen LogP contribution in [0, 0.1) is 5.92 Å². The third kappa shape index (κ3) is 4.34. The number of rotatable bonds is 6. The van der Waals surface area contributed by atoms with Crippen molar-refractivity contribution in [2.45, 2.75) is 37.8 Å². The van der Waals surface area contributed by atoms with Gasteiger partial charge in [0.15, 0.2) is 0 Å². The molecule has 154 valence electrons. The number of hydrogen-bond acceptors (Lipinski definition) is 5. The van der Waals surface area contributed by atoms with Crippen LogP contribution in [0.1, 0.15) is 36.8 Å². The maximum atomic E-state index is 12.9. The molecule has 0 aromatic heterocycles. The Morgan fingerprint density at radius 3 is 2.52 bits per heavy atom. The van der Waals surface area contributed by atoms with E-state index in [9.17, 15) is 14.4 Å². The highest BCUT2D eigenvalue weighted by Gasteiger charge is 2.52. The number of benzene rings is 1. The van der Waals surface area contributed by atoms with E-state index in [2.05, 4.69) is 15.0 Å². The molecule has 3 aliphatic rings. The number of methoxy groups -OCH3 is 1. The minimum Gasteiger partial charge on any atom is -0.466 e. The molecule has 1 aromatic carbocycles. The van der Waals surface area contributed by atoms with E-state index < -0.39 is 5.54 Å². The van der Waals surface area contributed by atoms with Crippen LogP contribution in [0.3, 0.4) is 0 Å². The van der Waals surface area contributed by atoms with Crippen LogP contribution < -0.4 is 5.32 Å². The van der Waals surface area contributed by atoms with E-state index in [4.69, 9.17) is 0 Å². The van der Waals surface area contributed by atoms with Crippen molar-refractivity contribution in [3.63, 3.8) is 0 Å². The lowest BCUT2D eigenvalue weighted by Gasteiger charge is -2.37. The molecule has 1 aromatic rings. The molecule has 2 saturated heterocycles. The van der Waals surface area contributed by atoms with Gasteiger partial charge in [-0.05, 0) is 48.8 Å². The summed E-state index contributed by atoms with van der Waals surface area (Å²) in [6.45, 7) is 2.92. The summed E-state index contributed by atoms with van der Waals surface area (Å²) in [5.74, 6) is 0.0988. The zero-order valence-electron chi connectivity index (χ0n) is 16.7. The SMILES string of the molecule is COC(=O)/C=C/c1ccc(CN2CCC3(CC2)NC(=O)N(CC2CC2)C3=O)cc1. The maximum absolute atomic E-state index is 12.9. The lowest BCUT2D eigenvalue weighted by atomic mass is 9.87. The smallest absolute Gasteiger partial charge is 0.330 e. The number of nitrogens with one attached hydrogen (secondary N) is 1. The summed E-state index contributed by atoms with van der Waals surface area (Å²) in [6.07, 6.45) is 6.67. The van der Waals surface area contributed by atoms with Crippen molar-refractivity contribution in [3.8, 4) is 0 Å². The zero-order valence-corrected chi connectivity index (χ0v) is 16.7. The van der Waals surface area contributed by atoms with E-state index in [1.165, 1.54) is 23.6 Å². The third-order valence-corrected chi connectivity index (χ3v) is 6.09. The van der Waals surface area contributed by atoms with Gasteiger partial charge >= 0.3 is 12.0 Å². The Morgan fingerprint density at radius 1 is 1.21 bits per heavy atom. The Kier molecular flexibility index (Phi) is 5.41. The monoisotopic (exact) mass is 397 g/mol. The van der Waals surface area contributed by atoms with Crippen molar-refractivity contribution in [2.75, 3.05) is 26.7 Å². The molecule has 2 heterocycles. The number of urea groups is 1. The van der Waals surface area contributed by atoms with Gasteiger partial charge in [0.1, 0.15) is 5.54 Å². The molecule has 0 atom stereocenters. The Labute approximate surface area is 170 Å². The summed E-state index contributed by atoms with van der Waals surface area (Å²) in [7, 11) is 1.35. The quantitative estimate of drug-likeness (QED) is 0.452. The highest BCUT2D eigenvalue weighted by molar-refractivity contribution is 6.07. The minimum absolute atomic E-state index is 0.0317. The molecule has 0 bridgehead atoms. The number of carbonyl (C=O) groups is 3. The Balaban J connectivity index is 1.31. The standard InChI is InChI=1S/C22H27N3O4/c1-29-19(26)9-8-16-2-4-17(5-3-16)14-24-12-10-22(11-13-24)20(27)25(21(28)23-22)15-18-6-7-18/h2-5,8-9,18H,6-7,10-15H2,1H3,(H,23,28)/b9-8+. The first kappa shape index (κ1) is 19.6. The molecule has 4 rings (SSSR count). The van der Waals surface area contributed by atoms with Crippen LogP contribution in [-0.2, 0) is 20.9 Å². The van der Waals surface area contributed by atoms with Crippen LogP contribution in [-0.4, -0.2) is 60.0 Å². The number of piperidine rings is 1. The van der Waals surface area contributed by atoms with Crippen LogP contribution in [0.5, 0.6) is 0 Å². The van der Waals surface area contributed by atoms with Crippen LogP contribution in [0.25, 0.3) is 6.08 Å². The molecule has 3 amide bonds. The normalized spacial score (nSPS) is 21.8. The number of ether oxygens (including phenoxy) is 1. The molecular formula is C22H27N3O4. The molecule has 1 aliphatic carbocycles. The lowest BCUT2D eigenvalue weighted by Crippen LogP contribution is -2.54. The number of imide groups is 1. The highest BCUT2D eigenvalue weighted by Crippen LogP contribution is 2.35. The second-order valence-corrected chi connectivity index (χ2v) is 8.25. The topological polar surface area (TPSA) is 79.0 Å². The van der Waals surface area contributed by atoms with Gasteiger partial charge in [-0.1, -0.05) is 24.3 Å². The predicted molar refractivity (Wildman–Crippen MR) is 108 cm³/mol. The van der Waals surface area contributed by atoms with Crippen LogP contribution in [0.2, 0.25) is 0 Å². The van der Waals surface area contributed by atoms with Gasteiger partial charge in [-0.3, -0.25) is 14.6 Å². The van der Waals surface area contributed by atoms with Gasteiger partial charge in [-0.25, -0.2) is 9.59 Å². The van der Waals surface area contributed by atoms with E-state index in [-0.39, 0.29) is 17.9 Å². The summed E-state index contributed by atoms with van der Waals surface area (Å²) in [5, 5.41) is 2.99. The Morgan fingerprint density at radius 2 is 1.90 bits per heavy atom. The molecule has 7 nitrogen and oxygen atoms in total. The second kappa shape index (κ2) is 7.99. The maximum Gasteiger partial charge on any atom is 0.330 e. The first-order chi connectivity index (χ1) is 14.0. The van der Waals surface area contributed by atoms with E-state index in [0.717, 1.165) is 38.0 Å². The summed E-state index contributed by atoms with van der Waals surface area (Å²) >= 11 is 0. The number of nitrogens with zero attached hydrogens (tertiary/aromatic N) is 2. The molecule has 1 saturated carbocycles. The second-order valence-electron chi connectivity index (χ2n) is 8.25. The first-order valence-electron chi connectivity index (χ1n) is 10.2. The van der Waals surface area contributed by atoms with Crippen molar-refractivity contribution < 1.29 is 19.1 Å². The van der Waals surface area contributed by atoms with Crippen LogP contribution in [0.15, 0.2) is 30.3 Å². The van der Waals surface area contributed by atoms with Gasteiger partial charge in [-0.15, -0.1) is 0 Å². The molecule has 0 radical (unpaired) electrons. The average molecular weight is 397 g/mol. The summed E-state index contributed by atoms with van der Waals surface area (Å²) in [6, 6.07) is 7.81. The summed E-state index contributed by atoms with van der Waals surface area (Å²) in [4.78, 5) is 40.1. The fraction of sp³-hybridized carbons (Fsp3) is 0.500. The van der Waals surface area contributed by atoms with Crippen LogP contribution >= 0.6 is 0 Å². The van der Waals surface area contributed by atoms with Crippen molar-refractivity contribution in [1.29, 1.82) is 0 Å². The van der Waals surface area contributed by atoms with Gasteiger partial charge in [0.2, 0.25) is 0 Å². The fourth-order valence-corrected chi connectivity index (χ4v) is 4.06. The van der Waals surface area contributed by atoms with E-state index in [1.54, 1.807) is 6.08 Å². The van der Waals surface area contributed by atoms with E-state index in [0.29, 0.717) is 25.3 Å². The third-order valence-electron chi connectivity index (χ3n) is 6.09. The van der Waals surface area contributed by atoms with Crippen LogP contribution in [0.4, 0.5) is 4.79 Å². The molecule has 29 heavy (non-hydrogen) atoms. The molecule has 7 heteroatoms. The number of carbonyl (C=O) groups excluding carboxylic acids is 3. The first-order valence-corrected chi connectivity index (χ1v) is 10.2. The predicted octanol–water partition coefficient (Wildman–Crippen LogP) is 2.17. The fourth-order valence-electron chi connectivity index (χ4n) is 4.06. The number of amides is 3. The Hall–Kier alpha value is -2.67. The van der Waals surface area contributed by atoms with Gasteiger partial charge in [0, 0.05) is 32.3 Å². The van der Waals surface area contributed by atoms with Gasteiger partial charge in [0.25, 0.3) is 5.91 Å². The largest absolute Gasteiger partial charge is 0.466 e. The molecule has 2 aliphatic heterocycles. The zero-order chi connectivity index (χ0) is 20.4. The molecule has 3 fully saturated rings.